The number of rotatable bonds is 8. The normalized spacial score (nSPS) is 12.4. The number of nitro benzene ring substituents is 1. The molecule has 0 atom stereocenters. The van der Waals surface area contributed by atoms with Crippen LogP contribution in [-0.4, -0.2) is 67.8 Å². The standard InChI is InChI=1S/C17H27N3O6S/c1-13-7-8-14(11-15(13)20(22)23)27(24,25)19(10-9-18(5)6)12-16(21)26-17(2,3)4/h7-8,11H,9-10,12H2,1-6H3. The second-order valence-corrected chi connectivity index (χ2v) is 9.37. The number of aryl methyl sites for hydroxylation is 1. The van der Waals surface area contributed by atoms with E-state index in [-0.39, 0.29) is 17.1 Å². The van der Waals surface area contributed by atoms with Crippen LogP contribution in [0.3, 0.4) is 0 Å². The van der Waals surface area contributed by atoms with Gasteiger partial charge in [0.1, 0.15) is 12.1 Å². The summed E-state index contributed by atoms with van der Waals surface area (Å²) >= 11 is 0. The fourth-order valence-corrected chi connectivity index (χ4v) is 3.61. The van der Waals surface area contributed by atoms with Crippen molar-refractivity contribution < 1.29 is 22.9 Å². The smallest absolute Gasteiger partial charge is 0.321 e. The van der Waals surface area contributed by atoms with Crippen molar-refractivity contribution in [2.24, 2.45) is 0 Å². The van der Waals surface area contributed by atoms with Gasteiger partial charge >= 0.3 is 5.97 Å². The number of carbonyl (C=O) groups is 1. The van der Waals surface area contributed by atoms with E-state index in [0.29, 0.717) is 12.1 Å². The van der Waals surface area contributed by atoms with Crippen molar-refractivity contribution >= 4 is 21.7 Å². The number of nitro groups is 1. The number of esters is 1. The third-order valence-electron chi connectivity index (χ3n) is 3.54. The van der Waals surface area contributed by atoms with E-state index in [0.717, 1.165) is 10.4 Å². The van der Waals surface area contributed by atoms with Crippen LogP contribution in [0.4, 0.5) is 5.69 Å². The van der Waals surface area contributed by atoms with Gasteiger partial charge in [0.25, 0.3) is 5.69 Å². The predicted molar refractivity (Wildman–Crippen MR) is 101 cm³/mol. The van der Waals surface area contributed by atoms with Gasteiger partial charge < -0.3 is 9.64 Å². The van der Waals surface area contributed by atoms with Crippen molar-refractivity contribution in [1.29, 1.82) is 0 Å². The topological polar surface area (TPSA) is 110 Å². The van der Waals surface area contributed by atoms with Gasteiger partial charge in [0.15, 0.2) is 0 Å². The van der Waals surface area contributed by atoms with Gasteiger partial charge in [-0.1, -0.05) is 6.07 Å². The van der Waals surface area contributed by atoms with Crippen molar-refractivity contribution in [1.82, 2.24) is 9.21 Å². The van der Waals surface area contributed by atoms with Crippen LogP contribution in [0.1, 0.15) is 26.3 Å². The van der Waals surface area contributed by atoms with Crippen molar-refractivity contribution in [2.75, 3.05) is 33.7 Å². The lowest BCUT2D eigenvalue weighted by molar-refractivity contribution is -0.385. The summed E-state index contributed by atoms with van der Waals surface area (Å²) in [6.07, 6.45) is 0. The lowest BCUT2D eigenvalue weighted by atomic mass is 10.2. The molecule has 0 aliphatic rings. The molecule has 0 heterocycles. The van der Waals surface area contributed by atoms with Crippen LogP contribution >= 0.6 is 0 Å². The first-order chi connectivity index (χ1) is 12.2. The van der Waals surface area contributed by atoms with Crippen molar-refractivity contribution in [3.8, 4) is 0 Å². The van der Waals surface area contributed by atoms with Gasteiger partial charge in [-0.2, -0.15) is 4.31 Å². The molecule has 0 aliphatic carbocycles. The summed E-state index contributed by atoms with van der Waals surface area (Å²) < 4.78 is 32.2. The second kappa shape index (κ2) is 8.77. The first kappa shape index (κ1) is 23.0. The summed E-state index contributed by atoms with van der Waals surface area (Å²) in [5.41, 5.74) is -0.691. The summed E-state index contributed by atoms with van der Waals surface area (Å²) in [6, 6.07) is 3.69. The average Bonchev–Trinajstić information content (AvgIpc) is 2.49. The van der Waals surface area contributed by atoms with Gasteiger partial charge in [0, 0.05) is 24.7 Å². The Hall–Kier alpha value is -2.04. The lowest BCUT2D eigenvalue weighted by Gasteiger charge is -2.25. The van der Waals surface area contributed by atoms with E-state index in [1.54, 1.807) is 39.8 Å². The number of hydrogen-bond acceptors (Lipinski definition) is 7. The highest BCUT2D eigenvalue weighted by Gasteiger charge is 2.30. The van der Waals surface area contributed by atoms with Gasteiger partial charge in [-0.15, -0.1) is 0 Å². The molecule has 1 aromatic rings. The van der Waals surface area contributed by atoms with Crippen LogP contribution in [0.15, 0.2) is 23.1 Å². The van der Waals surface area contributed by atoms with E-state index in [9.17, 15) is 23.3 Å². The van der Waals surface area contributed by atoms with Gasteiger partial charge in [-0.25, -0.2) is 8.42 Å². The fourth-order valence-electron chi connectivity index (χ4n) is 2.21. The molecule has 0 unspecified atom stereocenters. The molecule has 0 radical (unpaired) electrons. The SMILES string of the molecule is Cc1ccc(S(=O)(=O)N(CCN(C)C)CC(=O)OC(C)(C)C)cc1[N+](=O)[O-]. The predicted octanol–water partition coefficient (Wildman–Crippen LogP) is 1.80. The number of ether oxygens (including phenoxy) is 1. The molecule has 0 bridgehead atoms. The maximum atomic E-state index is 13.0. The summed E-state index contributed by atoms with van der Waals surface area (Å²) in [7, 11) is -0.573. The molecule has 0 fully saturated rings. The molecule has 152 valence electrons. The van der Waals surface area contributed by atoms with E-state index in [4.69, 9.17) is 4.74 Å². The molecule has 1 aromatic carbocycles. The summed E-state index contributed by atoms with van der Waals surface area (Å²) in [6.45, 7) is 6.52. The fraction of sp³-hybridized carbons (Fsp3) is 0.588. The van der Waals surface area contributed by atoms with Gasteiger partial charge in [0.05, 0.1) is 9.82 Å². The molecule has 0 amide bonds. The van der Waals surface area contributed by atoms with Crippen LogP contribution in [0.25, 0.3) is 0 Å². The molecular formula is C17H27N3O6S. The van der Waals surface area contributed by atoms with Crippen molar-refractivity contribution in [3.05, 3.63) is 33.9 Å². The van der Waals surface area contributed by atoms with Gasteiger partial charge in [0.2, 0.25) is 10.0 Å². The first-order valence-corrected chi connectivity index (χ1v) is 9.80. The Bertz CT molecular complexity index is 799. The summed E-state index contributed by atoms with van der Waals surface area (Å²) in [5, 5.41) is 11.1. The summed E-state index contributed by atoms with van der Waals surface area (Å²) in [4.78, 5) is 24.2. The molecule has 0 aliphatic heterocycles. The summed E-state index contributed by atoms with van der Waals surface area (Å²) in [5.74, 6) is -0.688. The number of hydrogen-bond donors (Lipinski definition) is 0. The molecule has 0 aromatic heterocycles. The van der Waals surface area contributed by atoms with Crippen LogP contribution in [0.5, 0.6) is 0 Å². The largest absolute Gasteiger partial charge is 0.459 e. The van der Waals surface area contributed by atoms with E-state index < -0.39 is 33.1 Å². The third kappa shape index (κ3) is 6.89. The van der Waals surface area contributed by atoms with Crippen LogP contribution < -0.4 is 0 Å². The van der Waals surface area contributed by atoms with Crippen LogP contribution in [0, 0.1) is 17.0 Å². The zero-order chi connectivity index (χ0) is 21.0. The third-order valence-corrected chi connectivity index (χ3v) is 5.38. The number of benzene rings is 1. The molecule has 10 heteroatoms. The number of sulfonamides is 1. The highest BCUT2D eigenvalue weighted by molar-refractivity contribution is 7.89. The quantitative estimate of drug-likeness (QED) is 0.371. The molecule has 1 rings (SSSR count). The Labute approximate surface area is 160 Å². The van der Waals surface area contributed by atoms with Gasteiger partial charge in [-0.05, 0) is 47.9 Å². The molecule has 0 saturated carbocycles. The molecule has 27 heavy (non-hydrogen) atoms. The minimum Gasteiger partial charge on any atom is -0.459 e. The minimum atomic E-state index is -4.12. The Morgan fingerprint density at radius 2 is 1.81 bits per heavy atom. The average molecular weight is 401 g/mol. The highest BCUT2D eigenvalue weighted by Crippen LogP contribution is 2.24. The zero-order valence-electron chi connectivity index (χ0n) is 16.6. The minimum absolute atomic E-state index is 0.0379. The van der Waals surface area contributed by atoms with Gasteiger partial charge in [-0.3, -0.25) is 14.9 Å². The van der Waals surface area contributed by atoms with Crippen LogP contribution in [-0.2, 0) is 19.6 Å². The van der Waals surface area contributed by atoms with E-state index in [1.807, 2.05) is 0 Å². The number of carbonyl (C=O) groups excluding carboxylic acids is 1. The monoisotopic (exact) mass is 401 g/mol. The molecule has 0 N–H and O–H groups in total. The highest BCUT2D eigenvalue weighted by atomic mass is 32.2. The van der Waals surface area contributed by atoms with E-state index in [1.165, 1.54) is 19.1 Å². The second-order valence-electron chi connectivity index (χ2n) is 7.43. The molecule has 9 nitrogen and oxygen atoms in total. The number of nitrogens with zero attached hydrogens (tertiary/aromatic N) is 3. The van der Waals surface area contributed by atoms with E-state index in [2.05, 4.69) is 0 Å². The Kier molecular flexibility index (Phi) is 7.47. The maximum Gasteiger partial charge on any atom is 0.321 e. The van der Waals surface area contributed by atoms with Crippen molar-refractivity contribution in [3.63, 3.8) is 0 Å². The van der Waals surface area contributed by atoms with Crippen LogP contribution in [0.2, 0.25) is 0 Å². The van der Waals surface area contributed by atoms with Crippen molar-refractivity contribution in [2.45, 2.75) is 38.2 Å². The zero-order valence-corrected chi connectivity index (χ0v) is 17.4. The molecule has 0 saturated heterocycles. The lowest BCUT2D eigenvalue weighted by Crippen LogP contribution is -2.41. The Morgan fingerprint density at radius 3 is 2.30 bits per heavy atom. The van der Waals surface area contributed by atoms with E-state index >= 15 is 0 Å². The molecular weight excluding hydrogens is 374 g/mol. The maximum absolute atomic E-state index is 13.0. The first-order valence-electron chi connectivity index (χ1n) is 8.36. The Balaban J connectivity index is 3.24. The number of likely N-dealkylation sites (N-methyl/N-ethyl adjacent to an activating group) is 1. The Morgan fingerprint density at radius 1 is 1.22 bits per heavy atom. The molecule has 0 spiro atoms.